The van der Waals surface area contributed by atoms with Crippen LogP contribution in [0.2, 0.25) is 0 Å². The first-order chi connectivity index (χ1) is 13.6. The topological polar surface area (TPSA) is 50.8 Å². The van der Waals surface area contributed by atoms with Gasteiger partial charge in [-0.2, -0.15) is 0 Å². The maximum absolute atomic E-state index is 12.8. The molecule has 1 saturated heterocycles. The van der Waals surface area contributed by atoms with Crippen molar-refractivity contribution in [1.82, 2.24) is 4.90 Å². The van der Waals surface area contributed by atoms with Crippen LogP contribution in [-0.2, 0) is 9.53 Å². The lowest BCUT2D eigenvalue weighted by atomic mass is 9.78. The van der Waals surface area contributed by atoms with E-state index in [1.165, 1.54) is 38.8 Å². The normalized spacial score (nSPS) is 26.0. The van der Waals surface area contributed by atoms with E-state index in [0.717, 1.165) is 50.3 Å². The third-order valence-corrected chi connectivity index (χ3v) is 6.21. The van der Waals surface area contributed by atoms with Crippen LogP contribution >= 0.6 is 0 Å². The van der Waals surface area contributed by atoms with E-state index in [-0.39, 0.29) is 5.91 Å². The van der Waals surface area contributed by atoms with Gasteiger partial charge in [0.1, 0.15) is 11.4 Å². The Morgan fingerprint density at radius 2 is 1.93 bits per heavy atom. The molecular weight excluding hydrogens is 352 g/mol. The molecule has 1 heterocycles. The summed E-state index contributed by atoms with van der Waals surface area (Å²) in [7, 11) is 1.65. The SMILES string of the molecule is CO[C@@]1(C(=O)Nc2ccc(OCCCN3CCCCC3)cc2)CCC[C@@H](C)C1. The third-order valence-electron chi connectivity index (χ3n) is 6.21. The van der Waals surface area contributed by atoms with Crippen LogP contribution in [-0.4, -0.2) is 49.8 Å². The highest BCUT2D eigenvalue weighted by Gasteiger charge is 2.41. The first-order valence-electron chi connectivity index (χ1n) is 10.9. The molecule has 1 aliphatic carbocycles. The highest BCUT2D eigenvalue weighted by Crippen LogP contribution is 2.35. The van der Waals surface area contributed by atoms with E-state index >= 15 is 0 Å². The maximum Gasteiger partial charge on any atom is 0.256 e. The van der Waals surface area contributed by atoms with Gasteiger partial charge in [-0.15, -0.1) is 0 Å². The second kappa shape index (κ2) is 10.3. The Bertz CT molecular complexity index is 613. The zero-order valence-corrected chi connectivity index (χ0v) is 17.5. The van der Waals surface area contributed by atoms with Crippen molar-refractivity contribution in [2.24, 2.45) is 5.92 Å². The highest BCUT2D eigenvalue weighted by molar-refractivity contribution is 5.97. The molecule has 2 atom stereocenters. The van der Waals surface area contributed by atoms with Crippen LogP contribution < -0.4 is 10.1 Å². The summed E-state index contributed by atoms with van der Waals surface area (Å²) in [5.41, 5.74) is 0.0988. The number of methoxy groups -OCH3 is 1. The number of carbonyl (C=O) groups excluding carboxylic acids is 1. The fourth-order valence-corrected chi connectivity index (χ4v) is 4.53. The van der Waals surface area contributed by atoms with Crippen molar-refractivity contribution in [3.05, 3.63) is 24.3 Å². The van der Waals surface area contributed by atoms with E-state index in [4.69, 9.17) is 9.47 Å². The average molecular weight is 389 g/mol. The van der Waals surface area contributed by atoms with Gasteiger partial charge in [0.25, 0.3) is 5.91 Å². The second-order valence-electron chi connectivity index (χ2n) is 8.48. The summed E-state index contributed by atoms with van der Waals surface area (Å²) in [6, 6.07) is 7.68. The molecule has 28 heavy (non-hydrogen) atoms. The molecule has 156 valence electrons. The number of benzene rings is 1. The molecule has 1 amide bonds. The molecule has 2 aliphatic rings. The molecular formula is C23H36N2O3. The maximum atomic E-state index is 12.8. The average Bonchev–Trinajstić information content (AvgIpc) is 2.73. The molecule has 0 radical (unpaired) electrons. The largest absolute Gasteiger partial charge is 0.494 e. The Morgan fingerprint density at radius 1 is 1.18 bits per heavy atom. The molecule has 1 saturated carbocycles. The third kappa shape index (κ3) is 5.71. The molecule has 3 rings (SSSR count). The fourth-order valence-electron chi connectivity index (χ4n) is 4.53. The number of likely N-dealkylation sites (tertiary alicyclic amines) is 1. The van der Waals surface area contributed by atoms with Gasteiger partial charge in [0, 0.05) is 19.3 Å². The zero-order chi connectivity index (χ0) is 19.8. The van der Waals surface area contributed by atoms with Crippen LogP contribution in [0.3, 0.4) is 0 Å². The smallest absolute Gasteiger partial charge is 0.256 e. The predicted molar refractivity (Wildman–Crippen MR) is 113 cm³/mol. The number of hydrogen-bond donors (Lipinski definition) is 1. The number of piperidine rings is 1. The van der Waals surface area contributed by atoms with Crippen LogP contribution in [0.5, 0.6) is 5.75 Å². The minimum Gasteiger partial charge on any atom is -0.494 e. The molecule has 1 aromatic carbocycles. The van der Waals surface area contributed by atoms with Crippen molar-refractivity contribution in [3.63, 3.8) is 0 Å². The number of rotatable bonds is 8. The van der Waals surface area contributed by atoms with Crippen molar-refractivity contribution >= 4 is 11.6 Å². The number of nitrogens with zero attached hydrogens (tertiary/aromatic N) is 1. The monoisotopic (exact) mass is 388 g/mol. The lowest BCUT2D eigenvalue weighted by Gasteiger charge is -2.37. The molecule has 1 aromatic rings. The van der Waals surface area contributed by atoms with Crippen molar-refractivity contribution in [2.45, 2.75) is 63.9 Å². The van der Waals surface area contributed by atoms with Crippen molar-refractivity contribution < 1.29 is 14.3 Å². The molecule has 5 heteroatoms. The minimum absolute atomic E-state index is 0.0308. The molecule has 0 bridgehead atoms. The van der Waals surface area contributed by atoms with Crippen LogP contribution in [0.1, 0.15) is 58.3 Å². The summed E-state index contributed by atoms with van der Waals surface area (Å²) in [6.07, 6.45) is 8.86. The molecule has 1 aliphatic heterocycles. The van der Waals surface area contributed by atoms with Crippen LogP contribution in [0.25, 0.3) is 0 Å². The van der Waals surface area contributed by atoms with E-state index in [1.807, 2.05) is 24.3 Å². The summed E-state index contributed by atoms with van der Waals surface area (Å²) >= 11 is 0. The number of carbonyl (C=O) groups is 1. The lowest BCUT2D eigenvalue weighted by molar-refractivity contribution is -0.143. The number of ether oxygens (including phenoxy) is 2. The standard InChI is InChI=1S/C23H36N2O3/c1-19-8-6-13-23(18-19,27-2)22(26)24-20-9-11-21(12-10-20)28-17-7-16-25-14-4-3-5-15-25/h9-12,19H,3-8,13-18H2,1-2H3,(H,24,26)/t19-,23+/m1/s1. The summed E-state index contributed by atoms with van der Waals surface area (Å²) in [4.78, 5) is 15.4. The molecule has 1 N–H and O–H groups in total. The number of amides is 1. The molecule has 5 nitrogen and oxygen atoms in total. The van der Waals surface area contributed by atoms with Crippen molar-refractivity contribution in [3.8, 4) is 5.75 Å². The van der Waals surface area contributed by atoms with Gasteiger partial charge < -0.3 is 19.7 Å². The van der Waals surface area contributed by atoms with Crippen molar-refractivity contribution in [1.29, 1.82) is 0 Å². The summed E-state index contributed by atoms with van der Waals surface area (Å²) in [6.45, 7) is 6.50. The van der Waals surface area contributed by atoms with E-state index in [2.05, 4.69) is 17.1 Å². The zero-order valence-electron chi connectivity index (χ0n) is 17.5. The van der Waals surface area contributed by atoms with Gasteiger partial charge in [0.15, 0.2) is 0 Å². The van der Waals surface area contributed by atoms with Crippen molar-refractivity contribution in [2.75, 3.05) is 38.7 Å². The van der Waals surface area contributed by atoms with Gasteiger partial charge in [-0.25, -0.2) is 0 Å². The summed E-state index contributed by atoms with van der Waals surface area (Å²) < 4.78 is 11.5. The fraction of sp³-hybridized carbons (Fsp3) is 0.696. The summed E-state index contributed by atoms with van der Waals surface area (Å²) in [5, 5.41) is 3.04. The van der Waals surface area contributed by atoms with E-state index in [0.29, 0.717) is 5.92 Å². The van der Waals surface area contributed by atoms with E-state index < -0.39 is 5.60 Å². The van der Waals surface area contributed by atoms with Gasteiger partial charge in [-0.05, 0) is 81.8 Å². The quantitative estimate of drug-likeness (QED) is 0.667. The number of anilines is 1. The van der Waals surface area contributed by atoms with Crippen LogP contribution in [0.4, 0.5) is 5.69 Å². The first kappa shape index (κ1) is 21.1. The summed E-state index contributed by atoms with van der Waals surface area (Å²) in [5.74, 6) is 1.33. The van der Waals surface area contributed by atoms with E-state index in [1.54, 1.807) is 7.11 Å². The van der Waals surface area contributed by atoms with E-state index in [9.17, 15) is 4.79 Å². The molecule has 0 aromatic heterocycles. The van der Waals surface area contributed by atoms with Crippen LogP contribution in [0.15, 0.2) is 24.3 Å². The van der Waals surface area contributed by atoms with Gasteiger partial charge in [-0.3, -0.25) is 4.79 Å². The predicted octanol–water partition coefficient (Wildman–Crippen LogP) is 4.48. The highest BCUT2D eigenvalue weighted by atomic mass is 16.5. The van der Waals surface area contributed by atoms with Gasteiger partial charge in [0.05, 0.1) is 6.61 Å². The Hall–Kier alpha value is -1.59. The first-order valence-corrected chi connectivity index (χ1v) is 10.9. The molecule has 0 spiro atoms. The lowest BCUT2D eigenvalue weighted by Crippen LogP contribution is -2.47. The number of nitrogens with one attached hydrogen (secondary N) is 1. The Kier molecular flexibility index (Phi) is 7.74. The Morgan fingerprint density at radius 3 is 2.61 bits per heavy atom. The Balaban J connectivity index is 1.44. The number of hydrogen-bond acceptors (Lipinski definition) is 4. The van der Waals surface area contributed by atoms with Gasteiger partial charge in [-0.1, -0.05) is 19.8 Å². The second-order valence-corrected chi connectivity index (χ2v) is 8.48. The molecule has 2 fully saturated rings. The van der Waals surface area contributed by atoms with Gasteiger partial charge >= 0.3 is 0 Å². The Labute approximate surface area is 169 Å². The minimum atomic E-state index is -0.693. The molecule has 0 unspecified atom stereocenters. The van der Waals surface area contributed by atoms with Crippen LogP contribution in [0, 0.1) is 5.92 Å². The van der Waals surface area contributed by atoms with Gasteiger partial charge in [0.2, 0.25) is 0 Å².